The Balaban J connectivity index is -0.000000202. The SMILES string of the molecule is C1C2CC1C2.F[B-](F)(F)F.F[B-](F)(F)F.F[B-](F)(F)F.[KH]. The molecule has 2 bridgehead atoms. The van der Waals surface area contributed by atoms with Crippen molar-refractivity contribution in [1.29, 1.82) is 0 Å². The van der Waals surface area contributed by atoms with Gasteiger partial charge in [0.05, 0.1) is 0 Å². The Labute approximate surface area is 155 Å². The van der Waals surface area contributed by atoms with Crippen molar-refractivity contribution in [3.63, 3.8) is 0 Å². The summed E-state index contributed by atoms with van der Waals surface area (Å²) in [6.45, 7) is 0. The average molecular weight is 369 g/mol. The third kappa shape index (κ3) is 44.9. The molecule has 3 fully saturated rings. The summed E-state index contributed by atoms with van der Waals surface area (Å²) >= 11 is 0. The van der Waals surface area contributed by atoms with Gasteiger partial charge in [-0.1, -0.05) is 0 Å². The molecule has 0 aromatic rings. The van der Waals surface area contributed by atoms with Gasteiger partial charge < -0.3 is 51.8 Å². The molecule has 16 heteroatoms. The van der Waals surface area contributed by atoms with E-state index >= 15 is 0 Å². The minimum absolute atomic E-state index is 0. The Morgan fingerprint density at radius 3 is 0.476 bits per heavy atom. The van der Waals surface area contributed by atoms with Crippen LogP contribution in [-0.2, 0) is 0 Å². The molecule has 3 aliphatic carbocycles. The molecular formula is C5H9B3F12K-3. The summed E-state index contributed by atoms with van der Waals surface area (Å²) in [6, 6.07) is 0. The van der Waals surface area contributed by atoms with E-state index in [1.165, 1.54) is 11.8 Å². The molecule has 0 amide bonds. The molecule has 126 valence electrons. The fourth-order valence-corrected chi connectivity index (χ4v) is 1.21. The topological polar surface area (TPSA) is 0 Å². The zero-order valence-corrected chi connectivity index (χ0v) is 9.54. The van der Waals surface area contributed by atoms with E-state index in [1.807, 2.05) is 0 Å². The molecule has 0 aromatic heterocycles. The van der Waals surface area contributed by atoms with E-state index in [9.17, 15) is 51.8 Å². The third-order valence-corrected chi connectivity index (χ3v) is 2.00. The maximum absolute atomic E-state index is 9.75. The molecule has 3 saturated carbocycles. The van der Waals surface area contributed by atoms with Crippen molar-refractivity contribution in [2.45, 2.75) is 19.3 Å². The van der Waals surface area contributed by atoms with Gasteiger partial charge in [-0.15, -0.1) is 0 Å². The van der Waals surface area contributed by atoms with Crippen molar-refractivity contribution in [1.82, 2.24) is 0 Å². The first-order valence-corrected chi connectivity index (χ1v) is 5.07. The Morgan fingerprint density at radius 2 is 0.476 bits per heavy atom. The third-order valence-electron chi connectivity index (χ3n) is 2.00. The Hall–Kier alpha value is 0.991. The maximum atomic E-state index is 9.75. The molecule has 0 unspecified atom stereocenters. The monoisotopic (exact) mass is 369 g/mol. The second kappa shape index (κ2) is 10.7. The molecule has 0 radical (unpaired) electrons. The quantitative estimate of drug-likeness (QED) is 0.431. The molecule has 0 N–H and O–H groups in total. The summed E-state index contributed by atoms with van der Waals surface area (Å²) in [5, 5.41) is 0. The fraction of sp³-hybridized carbons (Fsp3) is 1.00. The molecule has 0 atom stereocenters. The van der Waals surface area contributed by atoms with Crippen molar-refractivity contribution in [3.8, 4) is 0 Å². The zero-order chi connectivity index (χ0) is 16.8. The molecule has 3 rings (SSSR count). The van der Waals surface area contributed by atoms with E-state index in [4.69, 9.17) is 0 Å². The van der Waals surface area contributed by atoms with E-state index in [1.54, 1.807) is 19.3 Å². The minimum atomic E-state index is -6.00. The van der Waals surface area contributed by atoms with Gasteiger partial charge in [0.25, 0.3) is 0 Å². The van der Waals surface area contributed by atoms with Crippen LogP contribution in [-0.4, -0.2) is 73.1 Å². The summed E-state index contributed by atoms with van der Waals surface area (Å²) in [5.74, 6) is 2.42. The van der Waals surface area contributed by atoms with Crippen LogP contribution in [0.2, 0.25) is 0 Å². The van der Waals surface area contributed by atoms with Crippen LogP contribution in [0.4, 0.5) is 51.8 Å². The first-order valence-electron chi connectivity index (χ1n) is 5.07. The van der Waals surface area contributed by atoms with Crippen LogP contribution in [0.15, 0.2) is 0 Å². The Kier molecular flexibility index (Phi) is 13.7. The van der Waals surface area contributed by atoms with Crippen LogP contribution < -0.4 is 0 Å². The van der Waals surface area contributed by atoms with Crippen molar-refractivity contribution in [2.24, 2.45) is 11.8 Å². The summed E-state index contributed by atoms with van der Waals surface area (Å²) in [6.07, 6.45) is 4.75. The second-order valence-electron chi connectivity index (χ2n) is 3.92. The molecular weight excluding hydrogens is 360 g/mol. The second-order valence-corrected chi connectivity index (χ2v) is 3.92. The zero-order valence-electron chi connectivity index (χ0n) is 9.54. The van der Waals surface area contributed by atoms with Gasteiger partial charge in [0, 0.05) is 0 Å². The van der Waals surface area contributed by atoms with E-state index in [2.05, 4.69) is 0 Å². The number of hydrogen-bond acceptors (Lipinski definition) is 0. The summed E-state index contributed by atoms with van der Waals surface area (Å²) in [5.41, 5.74) is 0. The van der Waals surface area contributed by atoms with Crippen LogP contribution in [0.1, 0.15) is 19.3 Å². The van der Waals surface area contributed by atoms with Gasteiger partial charge >= 0.3 is 73.1 Å². The van der Waals surface area contributed by atoms with Crippen molar-refractivity contribution < 1.29 is 51.8 Å². The van der Waals surface area contributed by atoms with E-state index in [-0.39, 0.29) is 51.4 Å². The van der Waals surface area contributed by atoms with Gasteiger partial charge in [-0.25, -0.2) is 0 Å². The standard InChI is InChI=1S/C5H8.3BF4.K.H/c1-4-2-5(1)3-4;3*2-1(3,4)5;;/h4-5H,1-3H2;;;;;/q;3*-1;;. The van der Waals surface area contributed by atoms with Crippen molar-refractivity contribution >= 4 is 73.1 Å². The van der Waals surface area contributed by atoms with Crippen molar-refractivity contribution in [3.05, 3.63) is 0 Å². The van der Waals surface area contributed by atoms with Crippen molar-refractivity contribution in [2.75, 3.05) is 0 Å². The normalized spacial score (nSPS) is 22.3. The Bertz CT molecular complexity index is 194. The predicted octanol–water partition coefficient (Wildman–Crippen LogP) is 4.67. The number of rotatable bonds is 0. The molecule has 0 nitrogen and oxygen atoms in total. The predicted molar refractivity (Wildman–Crippen MR) is 58.5 cm³/mol. The fourth-order valence-electron chi connectivity index (χ4n) is 1.21. The van der Waals surface area contributed by atoms with Gasteiger partial charge in [-0.05, 0) is 31.1 Å². The van der Waals surface area contributed by atoms with E-state index < -0.39 is 21.8 Å². The Morgan fingerprint density at radius 1 is 0.429 bits per heavy atom. The van der Waals surface area contributed by atoms with Gasteiger partial charge in [-0.2, -0.15) is 0 Å². The summed E-state index contributed by atoms with van der Waals surface area (Å²) < 4.78 is 117. The van der Waals surface area contributed by atoms with Gasteiger partial charge in [0.15, 0.2) is 0 Å². The van der Waals surface area contributed by atoms with Crippen LogP contribution in [0.3, 0.4) is 0 Å². The molecule has 3 aliphatic rings. The number of hydrogen-bond donors (Lipinski definition) is 0. The van der Waals surface area contributed by atoms with E-state index in [0.717, 1.165) is 0 Å². The van der Waals surface area contributed by atoms with E-state index in [0.29, 0.717) is 0 Å². The first kappa shape index (κ1) is 26.9. The average Bonchev–Trinajstić information content (AvgIpc) is 1.57. The molecule has 21 heavy (non-hydrogen) atoms. The van der Waals surface area contributed by atoms with Crippen LogP contribution >= 0.6 is 0 Å². The van der Waals surface area contributed by atoms with Crippen LogP contribution in [0.25, 0.3) is 0 Å². The van der Waals surface area contributed by atoms with Gasteiger partial charge in [0.2, 0.25) is 0 Å². The van der Waals surface area contributed by atoms with Crippen LogP contribution in [0.5, 0.6) is 0 Å². The molecule has 0 aliphatic heterocycles. The molecule has 0 saturated heterocycles. The van der Waals surface area contributed by atoms with Gasteiger partial charge in [0.1, 0.15) is 0 Å². The summed E-state index contributed by atoms with van der Waals surface area (Å²) in [4.78, 5) is 0. The number of halogens is 12. The van der Waals surface area contributed by atoms with Gasteiger partial charge in [-0.3, -0.25) is 0 Å². The molecule has 0 heterocycles. The van der Waals surface area contributed by atoms with Crippen LogP contribution in [0, 0.1) is 11.8 Å². The first-order chi connectivity index (χ1) is 8.45. The molecule has 0 aromatic carbocycles. The molecule has 0 spiro atoms. The summed E-state index contributed by atoms with van der Waals surface area (Å²) in [7, 11) is -18.0.